The number of nitrogens with one attached hydrogen (secondary N) is 1. The van der Waals surface area contributed by atoms with E-state index in [2.05, 4.69) is 25.1 Å². The molecule has 2 aromatic heterocycles. The largest absolute Gasteiger partial charge is 0.461 e. The zero-order valence-corrected chi connectivity index (χ0v) is 25.6. The van der Waals surface area contributed by atoms with Crippen LogP contribution < -0.4 is 15.0 Å². The third-order valence-corrected chi connectivity index (χ3v) is 10.4. The summed E-state index contributed by atoms with van der Waals surface area (Å²) in [6.45, 7) is 4.51. The Bertz CT molecular complexity index is 1810. The van der Waals surface area contributed by atoms with Crippen molar-refractivity contribution in [2.24, 2.45) is 0 Å². The van der Waals surface area contributed by atoms with Crippen molar-refractivity contribution in [1.29, 1.82) is 0 Å². The van der Waals surface area contributed by atoms with Crippen molar-refractivity contribution in [3.8, 4) is 17.3 Å². The van der Waals surface area contributed by atoms with E-state index in [1.54, 1.807) is 25.1 Å². The van der Waals surface area contributed by atoms with E-state index in [0.717, 1.165) is 32.2 Å². The summed E-state index contributed by atoms with van der Waals surface area (Å²) in [4.78, 5) is 18.4. The highest BCUT2D eigenvalue weighted by Gasteiger charge is 2.49. The fourth-order valence-corrected chi connectivity index (χ4v) is 8.40. The summed E-state index contributed by atoms with van der Waals surface area (Å²) in [5, 5.41) is 5.26. The second-order valence-electron chi connectivity index (χ2n) is 13.0. The predicted octanol–water partition coefficient (Wildman–Crippen LogP) is 6.78. The quantitative estimate of drug-likeness (QED) is 0.233. The minimum Gasteiger partial charge on any atom is -0.461 e. The third-order valence-electron chi connectivity index (χ3n) is 10.1. The lowest BCUT2D eigenvalue weighted by molar-refractivity contribution is 0.107. The minimum atomic E-state index is -2.78. The van der Waals surface area contributed by atoms with Crippen molar-refractivity contribution >= 4 is 39.1 Å². The van der Waals surface area contributed by atoms with Crippen LogP contribution in [0, 0.1) is 12.7 Å². The topological polar surface area (TPSA) is 66.4 Å². The summed E-state index contributed by atoms with van der Waals surface area (Å²) in [6, 6.07) is 8.18. The Labute approximate surface area is 262 Å². The van der Waals surface area contributed by atoms with E-state index in [9.17, 15) is 13.2 Å². The first-order valence-electron chi connectivity index (χ1n) is 15.6. The zero-order chi connectivity index (χ0) is 31.0. The second-order valence-corrected chi connectivity index (χ2v) is 13.4. The molecule has 0 amide bonds. The molecule has 4 aromatic rings. The monoisotopic (exact) mass is 640 g/mol. The summed E-state index contributed by atoms with van der Waals surface area (Å²) in [6.07, 6.45) is 0.539. The molecule has 6 heterocycles. The minimum absolute atomic E-state index is 0.00148. The summed E-state index contributed by atoms with van der Waals surface area (Å²) in [5.41, 5.74) is -0.178. The first kappa shape index (κ1) is 29.1. The van der Waals surface area contributed by atoms with Gasteiger partial charge in [-0.05, 0) is 62.7 Å². The highest BCUT2D eigenvalue weighted by molar-refractivity contribution is 6.36. The fraction of sp³-hybridized carbons (Fsp3) is 0.485. The highest BCUT2D eigenvalue weighted by Crippen LogP contribution is 2.43. The Morgan fingerprint density at radius 1 is 1.09 bits per heavy atom. The molecule has 236 valence electrons. The van der Waals surface area contributed by atoms with Crippen molar-refractivity contribution in [2.75, 3.05) is 37.7 Å². The standard InChI is InChI=1S/C33H33ClF4N6O/c1-17-25-29(27(36)28(39-17)23-11-19(30(37)38)10-18-4-2-5-24(34)26(18)23)41-32(42-31(25)43-14-21-6-7-22(15-43)40-21)45-16-33-8-3-9-44(33)13-20(35)12-33/h2,4-5,10-11,20-22,30,40H,3,6-9,12-16H2,1H3/t20-,21?,22?,33+/m1/s1. The van der Waals surface area contributed by atoms with Crippen LogP contribution in [0.5, 0.6) is 6.01 Å². The third kappa shape index (κ3) is 4.89. The molecule has 12 heteroatoms. The molecule has 4 aliphatic heterocycles. The van der Waals surface area contributed by atoms with Gasteiger partial charge in [0.05, 0.1) is 16.6 Å². The second kappa shape index (κ2) is 10.9. The Kier molecular flexibility index (Phi) is 7.07. The number of hydrogen-bond donors (Lipinski definition) is 1. The van der Waals surface area contributed by atoms with Crippen LogP contribution in [0.3, 0.4) is 0 Å². The lowest BCUT2D eigenvalue weighted by Gasteiger charge is -2.35. The molecule has 45 heavy (non-hydrogen) atoms. The Morgan fingerprint density at radius 2 is 1.89 bits per heavy atom. The normalized spacial score (nSPS) is 26.5. The molecule has 4 saturated heterocycles. The number of nitrogens with zero attached hydrogens (tertiary/aromatic N) is 5. The summed E-state index contributed by atoms with van der Waals surface area (Å²) in [7, 11) is 0. The van der Waals surface area contributed by atoms with Crippen LogP contribution in [-0.4, -0.2) is 76.4 Å². The van der Waals surface area contributed by atoms with Crippen molar-refractivity contribution in [3.05, 3.63) is 52.4 Å². The van der Waals surface area contributed by atoms with Crippen molar-refractivity contribution < 1.29 is 22.3 Å². The Morgan fingerprint density at radius 3 is 2.67 bits per heavy atom. The Balaban J connectivity index is 1.30. The molecule has 4 atom stereocenters. The van der Waals surface area contributed by atoms with Crippen molar-refractivity contribution in [1.82, 2.24) is 25.2 Å². The van der Waals surface area contributed by atoms with Gasteiger partial charge in [-0.2, -0.15) is 9.97 Å². The van der Waals surface area contributed by atoms with Crippen LogP contribution in [0.2, 0.25) is 5.02 Å². The predicted molar refractivity (Wildman–Crippen MR) is 166 cm³/mol. The van der Waals surface area contributed by atoms with Gasteiger partial charge in [0.25, 0.3) is 6.43 Å². The van der Waals surface area contributed by atoms with Gasteiger partial charge in [-0.1, -0.05) is 23.7 Å². The lowest BCUT2D eigenvalue weighted by Crippen LogP contribution is -2.51. The maximum atomic E-state index is 16.9. The molecule has 0 spiro atoms. The van der Waals surface area contributed by atoms with Gasteiger partial charge in [0.15, 0.2) is 5.82 Å². The van der Waals surface area contributed by atoms with Crippen LogP contribution in [0.4, 0.5) is 23.4 Å². The number of aryl methyl sites for hydroxylation is 1. The first-order chi connectivity index (χ1) is 21.7. The molecule has 0 saturated carbocycles. The number of piperazine rings is 1. The smallest absolute Gasteiger partial charge is 0.319 e. The van der Waals surface area contributed by atoms with E-state index in [1.807, 2.05) is 0 Å². The number of halogens is 5. The molecule has 1 N–H and O–H groups in total. The van der Waals surface area contributed by atoms with Crippen LogP contribution in [0.25, 0.3) is 32.9 Å². The first-order valence-corrected chi connectivity index (χ1v) is 16.0. The van der Waals surface area contributed by atoms with Crippen LogP contribution in [0.15, 0.2) is 30.3 Å². The summed E-state index contributed by atoms with van der Waals surface area (Å²) < 4.78 is 65.7. The van der Waals surface area contributed by atoms with Crippen LogP contribution in [-0.2, 0) is 0 Å². The number of aromatic nitrogens is 3. The summed E-state index contributed by atoms with van der Waals surface area (Å²) in [5.74, 6) is -0.233. The van der Waals surface area contributed by atoms with Gasteiger partial charge >= 0.3 is 6.01 Å². The van der Waals surface area contributed by atoms with Gasteiger partial charge in [0.2, 0.25) is 0 Å². The van der Waals surface area contributed by atoms with Crippen molar-refractivity contribution in [3.63, 3.8) is 0 Å². The van der Waals surface area contributed by atoms with Gasteiger partial charge in [-0.25, -0.2) is 22.5 Å². The number of pyridine rings is 1. The number of alkyl halides is 3. The molecule has 8 rings (SSSR count). The van der Waals surface area contributed by atoms with Gasteiger partial charge in [0, 0.05) is 59.7 Å². The van der Waals surface area contributed by atoms with Crippen LogP contribution >= 0.6 is 11.6 Å². The molecule has 4 fully saturated rings. The molecular formula is C33H33ClF4N6O. The molecule has 0 aliphatic carbocycles. The van der Waals surface area contributed by atoms with E-state index in [4.69, 9.17) is 21.3 Å². The van der Waals surface area contributed by atoms with Gasteiger partial charge < -0.3 is 15.0 Å². The molecule has 7 nitrogen and oxygen atoms in total. The molecule has 2 unspecified atom stereocenters. The SMILES string of the molecule is Cc1nc(-c2cc(C(F)F)cc3cccc(Cl)c23)c(F)c2nc(OC[C@@]34CCCN3C[C@H](F)C4)nc(N3CC4CCC(C3)N4)c12. The highest BCUT2D eigenvalue weighted by atomic mass is 35.5. The average Bonchev–Trinajstić information content (AvgIpc) is 3.67. The molecule has 0 radical (unpaired) electrons. The maximum absolute atomic E-state index is 16.9. The van der Waals surface area contributed by atoms with Gasteiger partial charge in [-0.15, -0.1) is 0 Å². The Hall–Kier alpha value is -3.28. The summed E-state index contributed by atoms with van der Waals surface area (Å²) >= 11 is 6.57. The molecule has 4 aliphatic rings. The van der Waals surface area contributed by atoms with Gasteiger partial charge in [0.1, 0.15) is 29.8 Å². The number of rotatable bonds is 6. The molecule has 2 aromatic carbocycles. The van der Waals surface area contributed by atoms with Crippen molar-refractivity contribution in [2.45, 2.75) is 69.2 Å². The van der Waals surface area contributed by atoms with Crippen LogP contribution in [0.1, 0.15) is 49.8 Å². The van der Waals surface area contributed by atoms with E-state index in [1.165, 1.54) is 12.1 Å². The van der Waals surface area contributed by atoms with E-state index < -0.39 is 24.0 Å². The lowest BCUT2D eigenvalue weighted by atomic mass is 9.95. The van der Waals surface area contributed by atoms with E-state index >= 15 is 4.39 Å². The number of benzene rings is 2. The molecular weight excluding hydrogens is 608 g/mol. The average molecular weight is 641 g/mol. The number of ether oxygens (including phenoxy) is 1. The number of anilines is 1. The maximum Gasteiger partial charge on any atom is 0.319 e. The zero-order valence-electron chi connectivity index (χ0n) is 24.8. The van der Waals surface area contributed by atoms with Gasteiger partial charge in [-0.3, -0.25) is 4.90 Å². The number of hydrogen-bond acceptors (Lipinski definition) is 7. The van der Waals surface area contributed by atoms with E-state index in [-0.39, 0.29) is 47.0 Å². The molecule has 2 bridgehead atoms. The number of fused-ring (bicyclic) bond motifs is 5. The fourth-order valence-electron chi connectivity index (χ4n) is 8.11. The van der Waals surface area contributed by atoms with E-state index in [0.29, 0.717) is 58.7 Å².